The molecule has 3 heterocycles. The first-order valence-electron chi connectivity index (χ1n) is 12.0. The van der Waals surface area contributed by atoms with Crippen molar-refractivity contribution in [3.05, 3.63) is 83.8 Å². The zero-order valence-electron chi connectivity index (χ0n) is 20.6. The number of morpholine rings is 1. The van der Waals surface area contributed by atoms with Crippen LogP contribution in [0.5, 0.6) is 11.6 Å². The summed E-state index contributed by atoms with van der Waals surface area (Å²) in [6.45, 7) is 6.74. The van der Waals surface area contributed by atoms with E-state index in [2.05, 4.69) is 35.7 Å². The number of ether oxygens (including phenoxy) is 2. The summed E-state index contributed by atoms with van der Waals surface area (Å²) in [5, 5.41) is 14.2. The molecule has 10 heteroatoms. The molecule has 10 nitrogen and oxygen atoms in total. The first-order chi connectivity index (χ1) is 18.0. The zero-order valence-corrected chi connectivity index (χ0v) is 20.6. The Kier molecular flexibility index (Phi) is 7.18. The summed E-state index contributed by atoms with van der Waals surface area (Å²) in [7, 11) is 0. The molecule has 2 aromatic carbocycles. The van der Waals surface area contributed by atoms with E-state index in [1.165, 1.54) is 0 Å². The van der Waals surface area contributed by atoms with Crippen LogP contribution in [0.15, 0.2) is 66.7 Å². The van der Waals surface area contributed by atoms with Gasteiger partial charge in [0.2, 0.25) is 5.88 Å². The quantitative estimate of drug-likeness (QED) is 0.381. The van der Waals surface area contributed by atoms with Crippen molar-refractivity contribution < 1.29 is 14.3 Å². The van der Waals surface area contributed by atoms with Gasteiger partial charge in [0.05, 0.1) is 18.9 Å². The van der Waals surface area contributed by atoms with Crippen LogP contribution in [0.4, 0.5) is 23.0 Å². The Balaban J connectivity index is 1.19. The van der Waals surface area contributed by atoms with Crippen LogP contribution >= 0.6 is 0 Å². The standard InChI is InChI=1S/C27H27N7O3/c1-18-3-12-26(33-32-18)37-23-10-4-20(5-11-23)27(35)31-22-8-6-21(7-9-22)30-24-17-25(29-19(2)28-24)34-13-15-36-16-14-34/h3-12,17H,13-16H2,1-2H3,(H,31,35)(H,28,29,30). The second-order valence-electron chi connectivity index (χ2n) is 8.55. The van der Waals surface area contributed by atoms with Gasteiger partial charge < -0.3 is 25.0 Å². The Morgan fingerprint density at radius 2 is 1.62 bits per heavy atom. The lowest BCUT2D eigenvalue weighted by Gasteiger charge is -2.28. The van der Waals surface area contributed by atoms with Crippen LogP contribution in [-0.2, 0) is 4.74 Å². The molecule has 0 spiro atoms. The molecule has 1 fully saturated rings. The molecule has 0 unspecified atom stereocenters. The molecular weight excluding hydrogens is 470 g/mol. The molecular formula is C27H27N7O3. The number of rotatable bonds is 7. The lowest BCUT2D eigenvalue weighted by Crippen LogP contribution is -2.36. The number of benzene rings is 2. The number of carbonyl (C=O) groups excluding carboxylic acids is 1. The van der Waals surface area contributed by atoms with Crippen LogP contribution < -0.4 is 20.3 Å². The van der Waals surface area contributed by atoms with Crippen LogP contribution in [0.25, 0.3) is 0 Å². The van der Waals surface area contributed by atoms with Crippen molar-refractivity contribution in [2.45, 2.75) is 13.8 Å². The van der Waals surface area contributed by atoms with Gasteiger partial charge in [-0.2, -0.15) is 5.10 Å². The van der Waals surface area contributed by atoms with Crippen molar-refractivity contribution in [2.75, 3.05) is 41.8 Å². The number of aryl methyl sites for hydroxylation is 2. The predicted octanol–water partition coefficient (Wildman–Crippen LogP) is 4.51. The fraction of sp³-hybridized carbons (Fsp3) is 0.222. The van der Waals surface area contributed by atoms with Crippen molar-refractivity contribution in [1.29, 1.82) is 0 Å². The van der Waals surface area contributed by atoms with E-state index < -0.39 is 0 Å². The van der Waals surface area contributed by atoms with Gasteiger partial charge >= 0.3 is 0 Å². The second-order valence-corrected chi connectivity index (χ2v) is 8.55. The molecule has 0 bridgehead atoms. The molecule has 1 saturated heterocycles. The third-order valence-electron chi connectivity index (χ3n) is 5.69. The van der Waals surface area contributed by atoms with E-state index in [9.17, 15) is 4.79 Å². The number of anilines is 4. The van der Waals surface area contributed by atoms with Crippen LogP contribution in [0.1, 0.15) is 21.9 Å². The third kappa shape index (κ3) is 6.36. The number of nitrogens with zero attached hydrogens (tertiary/aromatic N) is 5. The summed E-state index contributed by atoms with van der Waals surface area (Å²) >= 11 is 0. The molecule has 0 radical (unpaired) electrons. The first-order valence-corrected chi connectivity index (χ1v) is 12.0. The van der Waals surface area contributed by atoms with Gasteiger partial charge in [0.25, 0.3) is 5.91 Å². The Bertz CT molecular complexity index is 1350. The van der Waals surface area contributed by atoms with E-state index in [0.717, 1.165) is 30.3 Å². The topological polar surface area (TPSA) is 114 Å². The number of amides is 1. The monoisotopic (exact) mass is 497 g/mol. The summed E-state index contributed by atoms with van der Waals surface area (Å²) < 4.78 is 11.1. The van der Waals surface area contributed by atoms with Crippen LogP contribution in [0.3, 0.4) is 0 Å². The van der Waals surface area contributed by atoms with Crippen molar-refractivity contribution in [2.24, 2.45) is 0 Å². The SMILES string of the molecule is Cc1ccc(Oc2ccc(C(=O)Nc3ccc(Nc4cc(N5CCOCC5)nc(C)n4)cc3)cc2)nn1. The summed E-state index contributed by atoms with van der Waals surface area (Å²) in [5.41, 5.74) is 2.85. The highest BCUT2D eigenvalue weighted by Gasteiger charge is 2.14. The van der Waals surface area contributed by atoms with Gasteiger partial charge in [-0.25, -0.2) is 9.97 Å². The molecule has 0 saturated carbocycles. The minimum atomic E-state index is -0.219. The molecule has 2 aromatic heterocycles. The second kappa shape index (κ2) is 11.0. The van der Waals surface area contributed by atoms with Gasteiger partial charge in [0.15, 0.2) is 0 Å². The van der Waals surface area contributed by atoms with Gasteiger partial charge in [-0.05, 0) is 68.4 Å². The van der Waals surface area contributed by atoms with Gasteiger partial charge in [-0.15, -0.1) is 5.10 Å². The lowest BCUT2D eigenvalue weighted by molar-refractivity contribution is 0.102. The van der Waals surface area contributed by atoms with Crippen LogP contribution in [0, 0.1) is 13.8 Å². The van der Waals surface area contributed by atoms with E-state index in [0.29, 0.717) is 47.7 Å². The average molecular weight is 498 g/mol. The molecule has 0 atom stereocenters. The Labute approximate surface area is 214 Å². The molecule has 1 amide bonds. The minimum Gasteiger partial charge on any atom is -0.438 e. The highest BCUT2D eigenvalue weighted by atomic mass is 16.5. The smallest absolute Gasteiger partial charge is 0.255 e. The van der Waals surface area contributed by atoms with Crippen LogP contribution in [-0.4, -0.2) is 52.4 Å². The van der Waals surface area contributed by atoms with E-state index in [-0.39, 0.29) is 5.91 Å². The highest BCUT2D eigenvalue weighted by molar-refractivity contribution is 6.04. The first kappa shape index (κ1) is 24.1. The number of hydrogen-bond donors (Lipinski definition) is 2. The molecule has 4 aromatic rings. The average Bonchev–Trinajstić information content (AvgIpc) is 2.92. The summed E-state index contributed by atoms with van der Waals surface area (Å²) in [6, 6.07) is 19.8. The van der Waals surface area contributed by atoms with Crippen molar-refractivity contribution >= 4 is 28.9 Å². The molecule has 1 aliphatic rings. The van der Waals surface area contributed by atoms with Gasteiger partial charge in [0, 0.05) is 42.2 Å². The molecule has 37 heavy (non-hydrogen) atoms. The van der Waals surface area contributed by atoms with E-state index in [4.69, 9.17) is 9.47 Å². The molecule has 188 valence electrons. The van der Waals surface area contributed by atoms with Gasteiger partial charge in [-0.1, -0.05) is 0 Å². The Morgan fingerprint density at radius 1 is 0.892 bits per heavy atom. The highest BCUT2D eigenvalue weighted by Crippen LogP contribution is 2.23. The molecule has 1 aliphatic heterocycles. The van der Waals surface area contributed by atoms with Crippen molar-refractivity contribution in [3.63, 3.8) is 0 Å². The van der Waals surface area contributed by atoms with Crippen molar-refractivity contribution in [1.82, 2.24) is 20.2 Å². The van der Waals surface area contributed by atoms with Gasteiger partial charge in [0.1, 0.15) is 23.2 Å². The minimum absolute atomic E-state index is 0.219. The number of carbonyl (C=O) groups is 1. The normalized spacial score (nSPS) is 13.2. The number of hydrogen-bond acceptors (Lipinski definition) is 9. The molecule has 5 rings (SSSR count). The third-order valence-corrected chi connectivity index (χ3v) is 5.69. The summed E-state index contributed by atoms with van der Waals surface area (Å²) in [4.78, 5) is 24.0. The van der Waals surface area contributed by atoms with Crippen LogP contribution in [0.2, 0.25) is 0 Å². The summed E-state index contributed by atoms with van der Waals surface area (Å²) in [5.74, 6) is 3.03. The molecule has 0 aliphatic carbocycles. The van der Waals surface area contributed by atoms with Gasteiger partial charge in [-0.3, -0.25) is 4.79 Å². The maximum atomic E-state index is 12.7. The fourth-order valence-electron chi connectivity index (χ4n) is 3.79. The summed E-state index contributed by atoms with van der Waals surface area (Å²) in [6.07, 6.45) is 0. The lowest BCUT2D eigenvalue weighted by atomic mass is 10.2. The zero-order chi connectivity index (χ0) is 25.6. The fourth-order valence-corrected chi connectivity index (χ4v) is 3.79. The largest absolute Gasteiger partial charge is 0.438 e. The number of nitrogens with one attached hydrogen (secondary N) is 2. The maximum absolute atomic E-state index is 12.7. The van der Waals surface area contributed by atoms with E-state index in [1.54, 1.807) is 30.3 Å². The Hall–Kier alpha value is -4.57. The van der Waals surface area contributed by atoms with E-state index >= 15 is 0 Å². The predicted molar refractivity (Wildman–Crippen MR) is 141 cm³/mol. The number of aromatic nitrogens is 4. The van der Waals surface area contributed by atoms with Crippen molar-refractivity contribution in [3.8, 4) is 11.6 Å². The Morgan fingerprint density at radius 3 is 2.32 bits per heavy atom. The maximum Gasteiger partial charge on any atom is 0.255 e. The molecule has 2 N–H and O–H groups in total. The van der Waals surface area contributed by atoms with E-state index in [1.807, 2.05) is 50.2 Å².